The number of ether oxygens (including phenoxy) is 2. The largest absolute Gasteiger partial charge is 0.453 e. The van der Waals surface area contributed by atoms with Crippen molar-refractivity contribution < 1.29 is 19.2 Å². The van der Waals surface area contributed by atoms with Gasteiger partial charge in [0.25, 0.3) is 0 Å². The number of nitrogens with one attached hydrogen (secondary N) is 1. The Morgan fingerprint density at radius 1 is 1.17 bits per heavy atom. The molecule has 9 nitrogen and oxygen atoms in total. The van der Waals surface area contributed by atoms with Crippen LogP contribution in [0.15, 0.2) is 60.8 Å². The maximum atomic E-state index is 11.6. The van der Waals surface area contributed by atoms with Crippen molar-refractivity contribution in [3.63, 3.8) is 0 Å². The minimum Gasteiger partial charge on any atom is -0.453 e. The molecule has 3 aromatic rings. The van der Waals surface area contributed by atoms with Crippen LogP contribution in [0.25, 0.3) is 0 Å². The molecule has 0 bridgehead atoms. The fourth-order valence-corrected chi connectivity index (χ4v) is 2.42. The second-order valence-electron chi connectivity index (χ2n) is 5.88. The van der Waals surface area contributed by atoms with E-state index in [4.69, 9.17) is 15.2 Å². The van der Waals surface area contributed by atoms with E-state index in [0.29, 0.717) is 17.2 Å². The van der Waals surface area contributed by atoms with Crippen molar-refractivity contribution in [2.24, 2.45) is 0 Å². The molecular formula is C20H18N4O5. The molecule has 0 spiro atoms. The Kier molecular flexibility index (Phi) is 5.88. The summed E-state index contributed by atoms with van der Waals surface area (Å²) in [5.74, 6) is 0.629. The first-order valence-electron chi connectivity index (χ1n) is 8.71. The van der Waals surface area contributed by atoms with Gasteiger partial charge in [-0.1, -0.05) is 13.0 Å². The van der Waals surface area contributed by atoms with Crippen molar-refractivity contribution in [3.05, 3.63) is 70.9 Å². The zero-order valence-corrected chi connectivity index (χ0v) is 15.5. The summed E-state index contributed by atoms with van der Waals surface area (Å²) in [6, 6.07) is 14.5. The van der Waals surface area contributed by atoms with Gasteiger partial charge in [0.05, 0.1) is 10.6 Å². The smallest absolute Gasteiger partial charge is 0.311 e. The Morgan fingerprint density at radius 2 is 1.93 bits per heavy atom. The summed E-state index contributed by atoms with van der Waals surface area (Å²) in [6.07, 6.45) is 1.67. The number of carbonyl (C=O) groups is 1. The number of pyridine rings is 1. The van der Waals surface area contributed by atoms with E-state index in [0.717, 1.165) is 0 Å². The number of hydrogen-bond acceptors (Lipinski definition) is 8. The topological polar surface area (TPSA) is 130 Å². The Labute approximate surface area is 166 Å². The van der Waals surface area contributed by atoms with Gasteiger partial charge in [-0.05, 0) is 42.5 Å². The van der Waals surface area contributed by atoms with Crippen molar-refractivity contribution in [2.45, 2.75) is 13.3 Å². The first-order chi connectivity index (χ1) is 14.0. The summed E-state index contributed by atoms with van der Waals surface area (Å²) >= 11 is 0. The van der Waals surface area contributed by atoms with E-state index in [1.54, 1.807) is 49.4 Å². The number of benzene rings is 2. The van der Waals surface area contributed by atoms with Crippen LogP contribution in [0.5, 0.6) is 17.2 Å². The Bertz CT molecular complexity index is 1040. The third-order valence-electron chi connectivity index (χ3n) is 3.84. The monoisotopic (exact) mass is 394 g/mol. The van der Waals surface area contributed by atoms with Gasteiger partial charge in [-0.15, -0.1) is 0 Å². The number of rotatable bonds is 7. The summed E-state index contributed by atoms with van der Waals surface area (Å²) in [5.41, 5.74) is 6.64. The summed E-state index contributed by atoms with van der Waals surface area (Å²) in [5, 5.41) is 14.0. The Balaban J connectivity index is 1.78. The van der Waals surface area contributed by atoms with Crippen molar-refractivity contribution >= 4 is 28.8 Å². The lowest BCUT2D eigenvalue weighted by atomic mass is 10.2. The number of nitro groups is 1. The number of nitrogen functional groups attached to an aromatic ring is 1. The van der Waals surface area contributed by atoms with Gasteiger partial charge in [-0.25, -0.2) is 4.98 Å². The lowest BCUT2D eigenvalue weighted by Gasteiger charge is -2.13. The molecule has 3 N–H and O–H groups in total. The maximum Gasteiger partial charge on any atom is 0.311 e. The van der Waals surface area contributed by atoms with Gasteiger partial charge in [0, 0.05) is 24.4 Å². The Morgan fingerprint density at radius 3 is 2.62 bits per heavy atom. The third kappa shape index (κ3) is 4.78. The second kappa shape index (κ2) is 8.70. The number of nitrogens with zero attached hydrogens (tertiary/aromatic N) is 2. The van der Waals surface area contributed by atoms with Crippen LogP contribution in [0.2, 0.25) is 0 Å². The predicted octanol–water partition coefficient (Wildman–Crippen LogP) is 4.42. The number of para-hydroxylation sites is 1. The third-order valence-corrected chi connectivity index (χ3v) is 3.84. The number of nitrogens with two attached hydrogens (primary N) is 1. The molecule has 148 valence electrons. The van der Waals surface area contributed by atoms with Crippen LogP contribution in [-0.2, 0) is 4.79 Å². The van der Waals surface area contributed by atoms with Crippen LogP contribution in [0.1, 0.15) is 13.3 Å². The van der Waals surface area contributed by atoms with Crippen molar-refractivity contribution in [3.8, 4) is 17.2 Å². The summed E-state index contributed by atoms with van der Waals surface area (Å²) < 4.78 is 11.1. The fraction of sp³-hybridized carbons (Fsp3) is 0.100. The number of aromatic nitrogens is 1. The van der Waals surface area contributed by atoms with Gasteiger partial charge in [0.2, 0.25) is 5.82 Å². The summed E-state index contributed by atoms with van der Waals surface area (Å²) in [4.78, 5) is 26.2. The Hall–Kier alpha value is -4.14. The van der Waals surface area contributed by atoms with E-state index in [1.807, 2.05) is 0 Å². The van der Waals surface area contributed by atoms with Crippen LogP contribution in [0.3, 0.4) is 0 Å². The van der Waals surface area contributed by atoms with Gasteiger partial charge in [-0.2, -0.15) is 0 Å². The minimum absolute atomic E-state index is 0.130. The average Bonchev–Trinajstić information content (AvgIpc) is 2.72. The van der Waals surface area contributed by atoms with Crippen LogP contribution in [0, 0.1) is 10.1 Å². The number of esters is 1. The highest BCUT2D eigenvalue weighted by Crippen LogP contribution is 2.37. The first kappa shape index (κ1) is 19.6. The molecule has 0 fully saturated rings. The van der Waals surface area contributed by atoms with Gasteiger partial charge >= 0.3 is 11.7 Å². The van der Waals surface area contributed by atoms with Crippen LogP contribution in [0.4, 0.5) is 22.9 Å². The lowest BCUT2D eigenvalue weighted by Crippen LogP contribution is -2.08. The molecule has 0 amide bonds. The van der Waals surface area contributed by atoms with E-state index < -0.39 is 10.9 Å². The van der Waals surface area contributed by atoms with Crippen molar-refractivity contribution in [1.82, 2.24) is 4.98 Å². The van der Waals surface area contributed by atoms with Crippen LogP contribution in [-0.4, -0.2) is 15.9 Å². The molecule has 9 heteroatoms. The van der Waals surface area contributed by atoms with E-state index in [-0.39, 0.29) is 29.4 Å². The summed E-state index contributed by atoms with van der Waals surface area (Å²) in [6.45, 7) is 1.68. The van der Waals surface area contributed by atoms with E-state index in [1.165, 1.54) is 18.3 Å². The zero-order chi connectivity index (χ0) is 20.8. The molecular weight excluding hydrogens is 376 g/mol. The highest BCUT2D eigenvalue weighted by Gasteiger charge is 2.15. The van der Waals surface area contributed by atoms with E-state index >= 15 is 0 Å². The van der Waals surface area contributed by atoms with Crippen LogP contribution >= 0.6 is 0 Å². The lowest BCUT2D eigenvalue weighted by molar-refractivity contribution is -0.384. The van der Waals surface area contributed by atoms with Crippen molar-refractivity contribution in [1.29, 1.82) is 0 Å². The molecule has 0 saturated carbocycles. The maximum absolute atomic E-state index is 11.6. The molecule has 29 heavy (non-hydrogen) atoms. The quantitative estimate of drug-likeness (QED) is 0.198. The predicted molar refractivity (Wildman–Crippen MR) is 107 cm³/mol. The molecule has 1 heterocycles. The van der Waals surface area contributed by atoms with Gasteiger partial charge < -0.3 is 20.5 Å². The molecule has 2 aromatic carbocycles. The summed E-state index contributed by atoms with van der Waals surface area (Å²) in [7, 11) is 0. The van der Waals surface area contributed by atoms with Gasteiger partial charge in [0.15, 0.2) is 11.5 Å². The molecule has 0 saturated heterocycles. The number of carbonyl (C=O) groups excluding carboxylic acids is 1. The second-order valence-corrected chi connectivity index (χ2v) is 5.88. The molecule has 0 aliphatic carbocycles. The molecule has 1 aromatic heterocycles. The van der Waals surface area contributed by atoms with E-state index in [9.17, 15) is 14.9 Å². The molecule has 0 aliphatic rings. The molecule has 0 atom stereocenters. The number of hydrogen-bond donors (Lipinski definition) is 2. The SMILES string of the molecule is CCC(=O)Oc1c(N)cccc1Oc1ccc(Nc2ncccc2[N+](=O)[O-])cc1. The van der Waals surface area contributed by atoms with Crippen LogP contribution < -0.4 is 20.5 Å². The standard InChI is InChI=1S/C20H18N4O5/c1-2-18(25)29-19-15(21)5-3-7-17(19)28-14-10-8-13(9-11-14)23-20-16(24(26)27)6-4-12-22-20/h3-12H,2,21H2,1H3,(H,22,23). The highest BCUT2D eigenvalue weighted by molar-refractivity contribution is 5.76. The van der Waals surface area contributed by atoms with Gasteiger partial charge in [0.1, 0.15) is 5.75 Å². The highest BCUT2D eigenvalue weighted by atomic mass is 16.6. The number of anilines is 3. The molecule has 0 aliphatic heterocycles. The molecule has 0 radical (unpaired) electrons. The normalized spacial score (nSPS) is 10.2. The molecule has 0 unspecified atom stereocenters. The first-order valence-corrected chi connectivity index (χ1v) is 8.71. The van der Waals surface area contributed by atoms with Gasteiger partial charge in [-0.3, -0.25) is 14.9 Å². The zero-order valence-electron chi connectivity index (χ0n) is 15.5. The average molecular weight is 394 g/mol. The van der Waals surface area contributed by atoms with E-state index in [2.05, 4.69) is 10.3 Å². The van der Waals surface area contributed by atoms with Crippen molar-refractivity contribution in [2.75, 3.05) is 11.1 Å². The minimum atomic E-state index is -0.508. The molecule has 3 rings (SSSR count). The fourth-order valence-electron chi connectivity index (χ4n) is 2.42.